The Bertz CT molecular complexity index is 390. The number of H-pyrrole nitrogens is 1. The Morgan fingerprint density at radius 2 is 2.00 bits per heavy atom. The Labute approximate surface area is 106 Å². The predicted molar refractivity (Wildman–Crippen MR) is 66.4 cm³/mol. The molecule has 1 aromatic heterocycles. The number of amides is 1. The van der Waals surface area contributed by atoms with E-state index in [-0.39, 0.29) is 6.09 Å². The minimum Gasteiger partial charge on any atom is -0.444 e. The van der Waals surface area contributed by atoms with Crippen LogP contribution in [0.2, 0.25) is 0 Å². The molecule has 0 aromatic carbocycles. The number of anilines is 1. The first-order valence-electron chi connectivity index (χ1n) is 6.05. The van der Waals surface area contributed by atoms with Crippen molar-refractivity contribution in [2.75, 3.05) is 31.1 Å². The standard InChI is InChI=1S/C11H19N5O2/c1-11(2,3)18-10(17)16-6-4-15(5-7-16)9-8-12-14-13-9/h8H,4-7H2,1-3H3,(H,12,13,14). The van der Waals surface area contributed by atoms with Gasteiger partial charge in [0.25, 0.3) is 0 Å². The number of nitrogens with one attached hydrogen (secondary N) is 1. The summed E-state index contributed by atoms with van der Waals surface area (Å²) in [5.74, 6) is 0.818. The van der Waals surface area contributed by atoms with Crippen molar-refractivity contribution in [2.24, 2.45) is 0 Å². The van der Waals surface area contributed by atoms with Crippen LogP contribution in [0.4, 0.5) is 10.6 Å². The maximum absolute atomic E-state index is 11.9. The van der Waals surface area contributed by atoms with Crippen molar-refractivity contribution >= 4 is 11.9 Å². The number of aromatic nitrogens is 3. The maximum atomic E-state index is 11.9. The fourth-order valence-electron chi connectivity index (χ4n) is 1.79. The molecule has 1 N–H and O–H groups in total. The number of carbonyl (C=O) groups is 1. The van der Waals surface area contributed by atoms with Gasteiger partial charge < -0.3 is 14.5 Å². The van der Waals surface area contributed by atoms with E-state index in [1.165, 1.54) is 0 Å². The van der Waals surface area contributed by atoms with E-state index in [0.29, 0.717) is 13.1 Å². The molecule has 2 heterocycles. The highest BCUT2D eigenvalue weighted by Crippen LogP contribution is 2.14. The Morgan fingerprint density at radius 3 is 2.50 bits per heavy atom. The molecule has 100 valence electrons. The average Bonchev–Trinajstić information content (AvgIpc) is 2.80. The molecule has 2 rings (SSSR count). The molecule has 0 aliphatic carbocycles. The average molecular weight is 253 g/mol. The lowest BCUT2D eigenvalue weighted by Crippen LogP contribution is -2.50. The number of hydrogen-bond acceptors (Lipinski definition) is 5. The Balaban J connectivity index is 1.85. The molecule has 18 heavy (non-hydrogen) atoms. The van der Waals surface area contributed by atoms with Gasteiger partial charge in [-0.3, -0.25) is 5.10 Å². The minimum absolute atomic E-state index is 0.248. The summed E-state index contributed by atoms with van der Waals surface area (Å²) in [5.41, 5.74) is -0.444. The van der Waals surface area contributed by atoms with Crippen LogP contribution in [0.15, 0.2) is 6.20 Å². The van der Waals surface area contributed by atoms with Crippen LogP contribution in [0.1, 0.15) is 20.8 Å². The summed E-state index contributed by atoms with van der Waals surface area (Å²) < 4.78 is 5.34. The first kappa shape index (κ1) is 12.7. The lowest BCUT2D eigenvalue weighted by molar-refractivity contribution is 0.0240. The summed E-state index contributed by atoms with van der Waals surface area (Å²) in [6.45, 7) is 8.38. The zero-order chi connectivity index (χ0) is 13.2. The highest BCUT2D eigenvalue weighted by atomic mass is 16.6. The molecular formula is C11H19N5O2. The third-order valence-corrected chi connectivity index (χ3v) is 2.66. The fourth-order valence-corrected chi connectivity index (χ4v) is 1.79. The number of aromatic amines is 1. The summed E-state index contributed by atoms with van der Waals surface area (Å²) in [6, 6.07) is 0. The summed E-state index contributed by atoms with van der Waals surface area (Å²) in [7, 11) is 0. The van der Waals surface area contributed by atoms with E-state index in [1.807, 2.05) is 20.8 Å². The normalized spacial score (nSPS) is 16.8. The molecule has 1 fully saturated rings. The van der Waals surface area contributed by atoms with Gasteiger partial charge in [0, 0.05) is 26.2 Å². The molecule has 0 saturated carbocycles. The second-order valence-corrected chi connectivity index (χ2v) is 5.29. The first-order valence-corrected chi connectivity index (χ1v) is 6.05. The summed E-state index contributed by atoms with van der Waals surface area (Å²) in [6.07, 6.45) is 1.51. The largest absolute Gasteiger partial charge is 0.444 e. The van der Waals surface area contributed by atoms with E-state index in [4.69, 9.17) is 4.74 Å². The third kappa shape index (κ3) is 3.12. The first-order chi connectivity index (χ1) is 8.46. The van der Waals surface area contributed by atoms with Crippen LogP contribution in [0.5, 0.6) is 0 Å². The number of ether oxygens (including phenoxy) is 1. The molecule has 0 radical (unpaired) electrons. The van der Waals surface area contributed by atoms with Gasteiger partial charge in [-0.25, -0.2) is 4.79 Å². The van der Waals surface area contributed by atoms with Gasteiger partial charge in [0.05, 0.1) is 6.20 Å². The van der Waals surface area contributed by atoms with E-state index in [1.54, 1.807) is 11.1 Å². The van der Waals surface area contributed by atoms with Crippen molar-refractivity contribution in [3.05, 3.63) is 6.20 Å². The van der Waals surface area contributed by atoms with Gasteiger partial charge in [-0.1, -0.05) is 5.21 Å². The van der Waals surface area contributed by atoms with Gasteiger partial charge in [-0.2, -0.15) is 0 Å². The van der Waals surface area contributed by atoms with E-state index >= 15 is 0 Å². The number of nitrogens with zero attached hydrogens (tertiary/aromatic N) is 4. The highest BCUT2D eigenvalue weighted by molar-refractivity contribution is 5.68. The molecule has 0 unspecified atom stereocenters. The van der Waals surface area contributed by atoms with E-state index in [0.717, 1.165) is 18.9 Å². The van der Waals surface area contributed by atoms with Crippen LogP contribution in [-0.4, -0.2) is 58.2 Å². The fraction of sp³-hybridized carbons (Fsp3) is 0.727. The van der Waals surface area contributed by atoms with E-state index in [9.17, 15) is 4.79 Å². The van der Waals surface area contributed by atoms with Gasteiger partial charge in [0.1, 0.15) is 5.60 Å². The number of rotatable bonds is 1. The second-order valence-electron chi connectivity index (χ2n) is 5.29. The lowest BCUT2D eigenvalue weighted by atomic mass is 10.2. The number of hydrogen-bond donors (Lipinski definition) is 1. The van der Waals surface area contributed by atoms with Crippen LogP contribution in [-0.2, 0) is 4.74 Å². The van der Waals surface area contributed by atoms with Crippen molar-refractivity contribution in [2.45, 2.75) is 26.4 Å². The summed E-state index contributed by atoms with van der Waals surface area (Å²) in [4.78, 5) is 15.7. The van der Waals surface area contributed by atoms with Crippen LogP contribution in [0, 0.1) is 0 Å². The van der Waals surface area contributed by atoms with Crippen molar-refractivity contribution in [1.29, 1.82) is 0 Å². The Morgan fingerprint density at radius 1 is 1.33 bits per heavy atom. The molecule has 0 bridgehead atoms. The van der Waals surface area contributed by atoms with Gasteiger partial charge in [-0.15, -0.1) is 5.10 Å². The molecule has 7 nitrogen and oxygen atoms in total. The molecular weight excluding hydrogens is 234 g/mol. The molecule has 1 aliphatic rings. The zero-order valence-electron chi connectivity index (χ0n) is 11.0. The molecule has 0 spiro atoms. The van der Waals surface area contributed by atoms with Gasteiger partial charge in [-0.05, 0) is 20.8 Å². The topological polar surface area (TPSA) is 74.3 Å². The van der Waals surface area contributed by atoms with Crippen molar-refractivity contribution in [3.8, 4) is 0 Å². The molecule has 1 aliphatic heterocycles. The molecule has 1 amide bonds. The van der Waals surface area contributed by atoms with Crippen LogP contribution in [0.3, 0.4) is 0 Å². The van der Waals surface area contributed by atoms with Crippen molar-refractivity contribution in [1.82, 2.24) is 20.3 Å². The minimum atomic E-state index is -0.444. The molecule has 7 heteroatoms. The lowest BCUT2D eigenvalue weighted by Gasteiger charge is -2.35. The van der Waals surface area contributed by atoms with Crippen LogP contribution >= 0.6 is 0 Å². The molecule has 0 atom stereocenters. The SMILES string of the molecule is CC(C)(C)OC(=O)N1CCN(c2c[nH]nn2)CC1. The van der Waals surface area contributed by atoms with Crippen molar-refractivity contribution in [3.63, 3.8) is 0 Å². The predicted octanol–water partition coefficient (Wildman–Crippen LogP) is 0.862. The molecule has 1 aromatic rings. The number of piperazine rings is 1. The quantitative estimate of drug-likeness (QED) is 0.803. The van der Waals surface area contributed by atoms with Crippen LogP contribution in [0.25, 0.3) is 0 Å². The van der Waals surface area contributed by atoms with E-state index in [2.05, 4.69) is 20.3 Å². The summed E-state index contributed by atoms with van der Waals surface area (Å²) in [5, 5.41) is 10.3. The van der Waals surface area contributed by atoms with Crippen molar-refractivity contribution < 1.29 is 9.53 Å². The monoisotopic (exact) mass is 253 g/mol. The number of carbonyl (C=O) groups excluding carboxylic acids is 1. The smallest absolute Gasteiger partial charge is 0.410 e. The van der Waals surface area contributed by atoms with Gasteiger partial charge in [0.2, 0.25) is 0 Å². The maximum Gasteiger partial charge on any atom is 0.410 e. The Hall–Kier alpha value is -1.79. The Kier molecular flexibility index (Phi) is 3.40. The second kappa shape index (κ2) is 4.83. The third-order valence-electron chi connectivity index (χ3n) is 2.66. The summed E-state index contributed by atoms with van der Waals surface area (Å²) >= 11 is 0. The van der Waals surface area contributed by atoms with E-state index < -0.39 is 5.60 Å². The highest BCUT2D eigenvalue weighted by Gasteiger charge is 2.26. The molecule has 1 saturated heterocycles. The van der Waals surface area contributed by atoms with Crippen LogP contribution < -0.4 is 4.90 Å². The van der Waals surface area contributed by atoms with Gasteiger partial charge >= 0.3 is 6.09 Å². The zero-order valence-corrected chi connectivity index (χ0v) is 11.0. The van der Waals surface area contributed by atoms with Gasteiger partial charge in [0.15, 0.2) is 5.82 Å².